The van der Waals surface area contributed by atoms with E-state index in [2.05, 4.69) is 11.4 Å². The normalized spacial score (nSPS) is 11.2. The summed E-state index contributed by atoms with van der Waals surface area (Å²) in [5.74, 6) is -0.252. The van der Waals surface area contributed by atoms with E-state index in [4.69, 9.17) is 5.26 Å². The number of hydrogen-bond acceptors (Lipinski definition) is 4. The molecule has 0 aromatic heterocycles. The number of urea groups is 1. The minimum atomic E-state index is -0.501. The van der Waals surface area contributed by atoms with Crippen molar-refractivity contribution < 1.29 is 9.72 Å². The molecule has 0 saturated heterocycles. The van der Waals surface area contributed by atoms with Gasteiger partial charge >= 0.3 is 6.03 Å². The van der Waals surface area contributed by atoms with Crippen LogP contribution in [0.25, 0.3) is 0 Å². The SMILES string of the molecule is CCN(CC(C)C#N)C(=O)Nc1ccc([N+](=O)[O-])cc1. The first kappa shape index (κ1) is 15.4. The topological polar surface area (TPSA) is 99.3 Å². The van der Waals surface area contributed by atoms with Gasteiger partial charge in [-0.25, -0.2) is 4.79 Å². The van der Waals surface area contributed by atoms with Crippen molar-refractivity contribution in [2.24, 2.45) is 5.92 Å². The van der Waals surface area contributed by atoms with Gasteiger partial charge in [0.1, 0.15) is 0 Å². The molecule has 0 aliphatic rings. The zero-order chi connectivity index (χ0) is 15.1. The van der Waals surface area contributed by atoms with Crippen molar-refractivity contribution in [3.8, 4) is 6.07 Å². The van der Waals surface area contributed by atoms with E-state index in [1.807, 2.05) is 6.92 Å². The third kappa shape index (κ3) is 4.24. The second-order valence-electron chi connectivity index (χ2n) is 4.30. The molecule has 1 aromatic carbocycles. The van der Waals surface area contributed by atoms with Gasteiger partial charge in [0.2, 0.25) is 0 Å². The third-order valence-electron chi connectivity index (χ3n) is 2.71. The highest BCUT2D eigenvalue weighted by molar-refractivity contribution is 5.89. The Morgan fingerprint density at radius 3 is 2.55 bits per heavy atom. The molecule has 7 nitrogen and oxygen atoms in total. The van der Waals surface area contributed by atoms with Crippen molar-refractivity contribution in [2.45, 2.75) is 13.8 Å². The predicted octanol–water partition coefficient (Wildman–Crippen LogP) is 2.61. The van der Waals surface area contributed by atoms with Crippen molar-refractivity contribution in [3.63, 3.8) is 0 Å². The largest absolute Gasteiger partial charge is 0.324 e. The van der Waals surface area contributed by atoms with E-state index < -0.39 is 4.92 Å². The van der Waals surface area contributed by atoms with Crippen LogP contribution in [0.2, 0.25) is 0 Å². The van der Waals surface area contributed by atoms with Gasteiger partial charge in [-0.05, 0) is 26.0 Å². The standard InChI is InChI=1S/C13H16N4O3/c1-3-16(9-10(2)8-14)13(18)15-11-4-6-12(7-5-11)17(19)20/h4-7,10H,3,9H2,1-2H3,(H,15,18). The van der Waals surface area contributed by atoms with Crippen LogP contribution in [0, 0.1) is 27.4 Å². The Kier molecular flexibility index (Phi) is 5.47. The van der Waals surface area contributed by atoms with Gasteiger partial charge in [0.15, 0.2) is 0 Å². The summed E-state index contributed by atoms with van der Waals surface area (Å²) in [6, 6.07) is 7.33. The zero-order valence-electron chi connectivity index (χ0n) is 11.4. The van der Waals surface area contributed by atoms with Gasteiger partial charge in [0.25, 0.3) is 5.69 Å². The molecule has 20 heavy (non-hydrogen) atoms. The second-order valence-corrected chi connectivity index (χ2v) is 4.30. The van der Waals surface area contributed by atoms with E-state index in [0.29, 0.717) is 18.8 Å². The van der Waals surface area contributed by atoms with E-state index in [-0.39, 0.29) is 17.6 Å². The fraction of sp³-hybridized carbons (Fsp3) is 0.385. The fourth-order valence-corrected chi connectivity index (χ4v) is 1.60. The van der Waals surface area contributed by atoms with Gasteiger partial charge in [0, 0.05) is 30.9 Å². The number of nitro benzene ring substituents is 1. The predicted molar refractivity (Wildman–Crippen MR) is 74.1 cm³/mol. The molecule has 0 aliphatic carbocycles. The first-order chi connectivity index (χ1) is 9.47. The van der Waals surface area contributed by atoms with Gasteiger partial charge in [-0.15, -0.1) is 0 Å². The second kappa shape index (κ2) is 7.09. The molecule has 0 bridgehead atoms. The highest BCUT2D eigenvalue weighted by Gasteiger charge is 2.15. The Bertz CT molecular complexity index is 521. The fourth-order valence-electron chi connectivity index (χ4n) is 1.60. The van der Waals surface area contributed by atoms with Crippen LogP contribution >= 0.6 is 0 Å². The summed E-state index contributed by atoms with van der Waals surface area (Å²) in [5, 5.41) is 21.9. The lowest BCUT2D eigenvalue weighted by molar-refractivity contribution is -0.384. The number of nitro groups is 1. The number of anilines is 1. The summed E-state index contributed by atoms with van der Waals surface area (Å²) in [5.41, 5.74) is 0.442. The molecule has 0 aliphatic heterocycles. The van der Waals surface area contributed by atoms with E-state index in [1.54, 1.807) is 6.92 Å². The molecule has 1 unspecified atom stereocenters. The summed E-state index contributed by atoms with van der Waals surface area (Å²) in [4.78, 5) is 23.5. The van der Waals surface area contributed by atoms with Crippen LogP contribution in [-0.4, -0.2) is 28.9 Å². The Balaban J connectivity index is 2.69. The Morgan fingerprint density at radius 1 is 1.50 bits per heavy atom. The highest BCUT2D eigenvalue weighted by Crippen LogP contribution is 2.16. The molecule has 1 N–H and O–H groups in total. The summed E-state index contributed by atoms with van der Waals surface area (Å²) in [6.07, 6.45) is 0. The number of nitrogens with one attached hydrogen (secondary N) is 1. The first-order valence-electron chi connectivity index (χ1n) is 6.18. The number of carbonyl (C=O) groups is 1. The van der Waals surface area contributed by atoms with Crippen molar-refractivity contribution in [1.82, 2.24) is 4.90 Å². The van der Waals surface area contributed by atoms with Crippen LogP contribution in [0.3, 0.4) is 0 Å². The van der Waals surface area contributed by atoms with Crippen LogP contribution in [0.4, 0.5) is 16.2 Å². The van der Waals surface area contributed by atoms with Crippen LogP contribution in [-0.2, 0) is 0 Å². The third-order valence-corrected chi connectivity index (χ3v) is 2.71. The maximum atomic E-state index is 12.0. The molecule has 106 valence electrons. The molecule has 0 spiro atoms. The Labute approximate surface area is 117 Å². The van der Waals surface area contributed by atoms with Gasteiger partial charge in [-0.2, -0.15) is 5.26 Å². The average molecular weight is 276 g/mol. The molecule has 0 saturated carbocycles. The summed E-state index contributed by atoms with van der Waals surface area (Å²) in [7, 11) is 0. The summed E-state index contributed by atoms with van der Waals surface area (Å²) < 4.78 is 0. The number of carbonyl (C=O) groups excluding carboxylic acids is 1. The number of rotatable bonds is 5. The average Bonchev–Trinajstić information content (AvgIpc) is 2.44. The van der Waals surface area contributed by atoms with E-state index in [1.165, 1.54) is 29.2 Å². The van der Waals surface area contributed by atoms with Gasteiger partial charge in [0.05, 0.1) is 16.9 Å². The Morgan fingerprint density at radius 2 is 2.10 bits per heavy atom. The number of amides is 2. The lowest BCUT2D eigenvalue weighted by atomic mass is 10.2. The molecule has 1 aromatic rings. The van der Waals surface area contributed by atoms with Crippen LogP contribution in [0.5, 0.6) is 0 Å². The number of nitriles is 1. The molecule has 2 amide bonds. The smallest absolute Gasteiger partial charge is 0.321 e. The molecular formula is C13H16N4O3. The van der Waals surface area contributed by atoms with Crippen molar-refractivity contribution in [3.05, 3.63) is 34.4 Å². The maximum absolute atomic E-state index is 12.0. The van der Waals surface area contributed by atoms with Crippen LogP contribution < -0.4 is 5.32 Å². The highest BCUT2D eigenvalue weighted by atomic mass is 16.6. The van der Waals surface area contributed by atoms with Crippen molar-refractivity contribution >= 4 is 17.4 Å². The first-order valence-corrected chi connectivity index (χ1v) is 6.18. The van der Waals surface area contributed by atoms with Gasteiger partial charge in [-0.1, -0.05) is 0 Å². The van der Waals surface area contributed by atoms with Crippen molar-refractivity contribution in [2.75, 3.05) is 18.4 Å². The number of non-ortho nitro benzene ring substituents is 1. The van der Waals surface area contributed by atoms with Gasteiger partial charge in [-0.3, -0.25) is 10.1 Å². The monoisotopic (exact) mass is 276 g/mol. The van der Waals surface area contributed by atoms with E-state index >= 15 is 0 Å². The lowest BCUT2D eigenvalue weighted by Gasteiger charge is -2.22. The minimum Gasteiger partial charge on any atom is -0.324 e. The zero-order valence-corrected chi connectivity index (χ0v) is 11.4. The number of nitrogens with zero attached hydrogens (tertiary/aromatic N) is 3. The number of hydrogen-bond donors (Lipinski definition) is 1. The maximum Gasteiger partial charge on any atom is 0.321 e. The molecule has 0 fully saturated rings. The quantitative estimate of drug-likeness (QED) is 0.660. The molecule has 1 rings (SSSR count). The molecule has 7 heteroatoms. The summed E-state index contributed by atoms with van der Waals surface area (Å²) in [6.45, 7) is 4.37. The van der Waals surface area contributed by atoms with Crippen LogP contribution in [0.15, 0.2) is 24.3 Å². The number of benzene rings is 1. The molecule has 0 radical (unpaired) electrons. The summed E-state index contributed by atoms with van der Waals surface area (Å²) >= 11 is 0. The van der Waals surface area contributed by atoms with Gasteiger partial charge < -0.3 is 10.2 Å². The Hall–Kier alpha value is -2.62. The molecular weight excluding hydrogens is 260 g/mol. The van der Waals surface area contributed by atoms with E-state index in [0.717, 1.165) is 0 Å². The van der Waals surface area contributed by atoms with E-state index in [9.17, 15) is 14.9 Å². The van der Waals surface area contributed by atoms with Crippen molar-refractivity contribution in [1.29, 1.82) is 5.26 Å². The minimum absolute atomic E-state index is 0.0338. The molecule has 1 atom stereocenters. The lowest BCUT2D eigenvalue weighted by Crippen LogP contribution is -2.37. The molecule has 0 heterocycles. The van der Waals surface area contributed by atoms with Crippen LogP contribution in [0.1, 0.15) is 13.8 Å².